The number of nitrogens with zero attached hydrogens (tertiary/aromatic N) is 2. The molecule has 3 N–H and O–H groups in total. The van der Waals surface area contributed by atoms with Crippen LogP contribution in [0.3, 0.4) is 0 Å². The van der Waals surface area contributed by atoms with Crippen molar-refractivity contribution in [3.8, 4) is 0 Å². The summed E-state index contributed by atoms with van der Waals surface area (Å²) >= 11 is 0. The minimum absolute atomic E-state index is 0.320. The summed E-state index contributed by atoms with van der Waals surface area (Å²) in [5.74, 6) is 0.320. The van der Waals surface area contributed by atoms with Gasteiger partial charge in [-0.25, -0.2) is 0 Å². The van der Waals surface area contributed by atoms with Crippen LogP contribution in [-0.4, -0.2) is 54.9 Å². The van der Waals surface area contributed by atoms with Gasteiger partial charge < -0.3 is 10.6 Å². The average molecular weight is 240 g/mol. The van der Waals surface area contributed by atoms with Crippen molar-refractivity contribution >= 4 is 5.84 Å². The number of hydrogen-bond donors (Lipinski definition) is 2. The normalized spacial score (nSPS) is 21.2. The second kappa shape index (κ2) is 7.67. The zero-order valence-corrected chi connectivity index (χ0v) is 11.4. The number of likely N-dealkylation sites (N-methyl/N-ethyl adjacent to an activating group) is 2. The summed E-state index contributed by atoms with van der Waals surface area (Å²) in [6.45, 7) is 7.03. The molecule has 1 saturated heterocycles. The van der Waals surface area contributed by atoms with Crippen LogP contribution >= 0.6 is 0 Å². The quantitative estimate of drug-likeness (QED) is 0.384. The Balaban J connectivity index is 2.11. The van der Waals surface area contributed by atoms with Crippen molar-refractivity contribution in [3.05, 3.63) is 0 Å². The van der Waals surface area contributed by atoms with Gasteiger partial charge in [0.2, 0.25) is 0 Å². The Kier molecular flexibility index (Phi) is 6.52. The van der Waals surface area contributed by atoms with Crippen LogP contribution < -0.4 is 5.73 Å². The zero-order chi connectivity index (χ0) is 12.7. The summed E-state index contributed by atoms with van der Waals surface area (Å²) in [6.07, 6.45) is 5.65. The molecule has 1 fully saturated rings. The lowest BCUT2D eigenvalue weighted by molar-refractivity contribution is 0.197. The molecule has 0 aromatic heterocycles. The van der Waals surface area contributed by atoms with Crippen LogP contribution in [-0.2, 0) is 0 Å². The van der Waals surface area contributed by atoms with E-state index in [0.717, 1.165) is 31.8 Å². The maximum atomic E-state index is 7.17. The smallest absolute Gasteiger partial charge is 0.0905 e. The average Bonchev–Trinajstić information content (AvgIpc) is 2.71. The van der Waals surface area contributed by atoms with Crippen molar-refractivity contribution in [2.24, 2.45) is 5.73 Å². The summed E-state index contributed by atoms with van der Waals surface area (Å²) in [5.41, 5.74) is 5.34. The lowest BCUT2D eigenvalue weighted by atomic mass is 10.2. The Morgan fingerprint density at radius 1 is 1.47 bits per heavy atom. The van der Waals surface area contributed by atoms with E-state index in [1.165, 1.54) is 32.5 Å². The van der Waals surface area contributed by atoms with Crippen molar-refractivity contribution < 1.29 is 0 Å². The molecule has 100 valence electrons. The first-order valence-electron chi connectivity index (χ1n) is 6.89. The fraction of sp³-hybridized carbons (Fsp3) is 0.923. The van der Waals surface area contributed by atoms with Gasteiger partial charge in [0, 0.05) is 19.0 Å². The van der Waals surface area contributed by atoms with Crippen LogP contribution in [0.1, 0.15) is 39.0 Å². The van der Waals surface area contributed by atoms with Gasteiger partial charge in [0.05, 0.1) is 5.84 Å². The second-order valence-electron chi connectivity index (χ2n) is 5.17. The van der Waals surface area contributed by atoms with Gasteiger partial charge >= 0.3 is 0 Å². The molecule has 1 atom stereocenters. The molecule has 0 aromatic carbocycles. The SMILES string of the molecule is CCN1CCCC1CN(C)CCCCC(=N)N. The predicted octanol–water partition coefficient (Wildman–Crippen LogP) is 1.51. The molecule has 0 aromatic rings. The first-order chi connectivity index (χ1) is 8.13. The van der Waals surface area contributed by atoms with Crippen LogP contribution in [0.2, 0.25) is 0 Å². The number of nitrogens with two attached hydrogens (primary N) is 1. The number of unbranched alkanes of at least 4 members (excludes halogenated alkanes) is 1. The van der Waals surface area contributed by atoms with E-state index in [1.807, 2.05) is 0 Å². The molecule has 1 aliphatic heterocycles. The molecular weight excluding hydrogens is 212 g/mol. The Morgan fingerprint density at radius 3 is 2.88 bits per heavy atom. The van der Waals surface area contributed by atoms with Crippen LogP contribution in [0.25, 0.3) is 0 Å². The standard InChI is InChI=1S/C13H28N4/c1-3-17-10-6-7-12(17)11-16(2)9-5-4-8-13(14)15/h12H,3-11H2,1-2H3,(H3,14,15). The molecule has 0 saturated carbocycles. The topological polar surface area (TPSA) is 56.4 Å². The van der Waals surface area contributed by atoms with E-state index >= 15 is 0 Å². The van der Waals surface area contributed by atoms with Gasteiger partial charge in [-0.2, -0.15) is 0 Å². The summed E-state index contributed by atoms with van der Waals surface area (Å²) in [4.78, 5) is 5.02. The van der Waals surface area contributed by atoms with Gasteiger partial charge in [-0.15, -0.1) is 0 Å². The van der Waals surface area contributed by atoms with Crippen molar-refractivity contribution in [1.29, 1.82) is 5.41 Å². The van der Waals surface area contributed by atoms with Crippen LogP contribution in [0.4, 0.5) is 0 Å². The van der Waals surface area contributed by atoms with E-state index < -0.39 is 0 Å². The Labute approximate surface area is 106 Å². The molecule has 1 aliphatic rings. The Bertz CT molecular complexity index is 229. The lowest BCUT2D eigenvalue weighted by Gasteiger charge is -2.27. The number of amidine groups is 1. The third-order valence-corrected chi connectivity index (χ3v) is 3.66. The third-order valence-electron chi connectivity index (χ3n) is 3.66. The summed E-state index contributed by atoms with van der Waals surface area (Å²) in [5, 5.41) is 7.17. The van der Waals surface area contributed by atoms with Crippen LogP contribution in [0.15, 0.2) is 0 Å². The lowest BCUT2D eigenvalue weighted by Crippen LogP contribution is -2.39. The van der Waals surface area contributed by atoms with Crippen molar-refractivity contribution in [3.63, 3.8) is 0 Å². The van der Waals surface area contributed by atoms with E-state index in [4.69, 9.17) is 11.1 Å². The summed E-state index contributed by atoms with van der Waals surface area (Å²) in [6, 6.07) is 0.762. The van der Waals surface area contributed by atoms with Gasteiger partial charge in [0.1, 0.15) is 0 Å². The predicted molar refractivity (Wildman–Crippen MR) is 73.5 cm³/mol. The van der Waals surface area contributed by atoms with Crippen molar-refractivity contribution in [2.45, 2.75) is 45.1 Å². The van der Waals surface area contributed by atoms with Gasteiger partial charge in [-0.3, -0.25) is 10.3 Å². The molecule has 0 amide bonds. The fourth-order valence-electron chi connectivity index (χ4n) is 2.67. The highest BCUT2D eigenvalue weighted by Gasteiger charge is 2.23. The van der Waals surface area contributed by atoms with E-state index in [-0.39, 0.29) is 0 Å². The molecular formula is C13H28N4. The maximum absolute atomic E-state index is 7.17. The molecule has 4 heteroatoms. The highest BCUT2D eigenvalue weighted by molar-refractivity contribution is 5.76. The maximum Gasteiger partial charge on any atom is 0.0905 e. The highest BCUT2D eigenvalue weighted by Crippen LogP contribution is 2.17. The summed E-state index contributed by atoms with van der Waals surface area (Å²) in [7, 11) is 2.21. The van der Waals surface area contributed by atoms with E-state index in [2.05, 4.69) is 23.8 Å². The zero-order valence-electron chi connectivity index (χ0n) is 11.4. The highest BCUT2D eigenvalue weighted by atomic mass is 15.2. The number of nitrogens with one attached hydrogen (secondary N) is 1. The second-order valence-corrected chi connectivity index (χ2v) is 5.17. The monoisotopic (exact) mass is 240 g/mol. The fourth-order valence-corrected chi connectivity index (χ4v) is 2.67. The molecule has 4 nitrogen and oxygen atoms in total. The van der Waals surface area contributed by atoms with E-state index in [1.54, 1.807) is 0 Å². The van der Waals surface area contributed by atoms with Gasteiger partial charge in [-0.05, 0) is 52.4 Å². The third kappa shape index (κ3) is 5.50. The van der Waals surface area contributed by atoms with Crippen LogP contribution in [0, 0.1) is 5.41 Å². The molecule has 0 bridgehead atoms. The largest absolute Gasteiger partial charge is 0.388 e. The molecule has 0 spiro atoms. The minimum atomic E-state index is 0.320. The molecule has 0 radical (unpaired) electrons. The molecule has 17 heavy (non-hydrogen) atoms. The first kappa shape index (κ1) is 14.5. The molecule has 1 unspecified atom stereocenters. The minimum Gasteiger partial charge on any atom is -0.388 e. The van der Waals surface area contributed by atoms with Crippen LogP contribution in [0.5, 0.6) is 0 Å². The Morgan fingerprint density at radius 2 is 2.24 bits per heavy atom. The molecule has 1 rings (SSSR count). The molecule has 0 aliphatic carbocycles. The number of likely N-dealkylation sites (tertiary alicyclic amines) is 1. The van der Waals surface area contributed by atoms with Gasteiger partial charge in [-0.1, -0.05) is 6.92 Å². The van der Waals surface area contributed by atoms with E-state index in [9.17, 15) is 0 Å². The van der Waals surface area contributed by atoms with Gasteiger partial charge in [0.15, 0.2) is 0 Å². The van der Waals surface area contributed by atoms with E-state index in [0.29, 0.717) is 5.84 Å². The number of hydrogen-bond acceptors (Lipinski definition) is 3. The van der Waals surface area contributed by atoms with Gasteiger partial charge in [0.25, 0.3) is 0 Å². The summed E-state index contributed by atoms with van der Waals surface area (Å²) < 4.78 is 0. The Hall–Kier alpha value is -0.610. The molecule has 1 heterocycles. The van der Waals surface area contributed by atoms with Crippen molar-refractivity contribution in [2.75, 3.05) is 33.2 Å². The van der Waals surface area contributed by atoms with Crippen molar-refractivity contribution in [1.82, 2.24) is 9.80 Å². The first-order valence-corrected chi connectivity index (χ1v) is 6.89. The number of rotatable bonds is 8.